The summed E-state index contributed by atoms with van der Waals surface area (Å²) in [7, 11) is 0. The third-order valence-electron chi connectivity index (χ3n) is 5.69. The summed E-state index contributed by atoms with van der Waals surface area (Å²) >= 11 is 0. The summed E-state index contributed by atoms with van der Waals surface area (Å²) in [5.41, 5.74) is 1.61. The molecule has 14 heteroatoms. The monoisotopic (exact) mass is 558 g/mol. The van der Waals surface area contributed by atoms with Gasteiger partial charge in [-0.05, 0) is 49.9 Å². The average molecular weight is 559 g/mol. The number of nitrogens with one attached hydrogen (secondary N) is 3. The standard InChI is InChI=1S/C26H34N6O8/c33-22(17-32(15-18-7-1-4-12-27-18)16-19-8-2-5-13-28-19)29-14-6-3-9-20(24(36)37)30-26(40)31-21(25(38)39)10-11-23(34)35/h1-2,4-5,7-8,12-13,20-21H,3,6,9-11,14-17H2,(H,29,33)(H,34,35)(H,36,37)(H,38,39)(H2,30,31,40)/t20-,21-/m0/s1. The van der Waals surface area contributed by atoms with Crippen LogP contribution in [0.2, 0.25) is 0 Å². The van der Waals surface area contributed by atoms with E-state index < -0.39 is 42.4 Å². The molecule has 2 rings (SSSR count). The van der Waals surface area contributed by atoms with Crippen molar-refractivity contribution in [3.05, 3.63) is 60.2 Å². The number of hydrogen-bond acceptors (Lipinski definition) is 8. The van der Waals surface area contributed by atoms with Gasteiger partial charge in [-0.25, -0.2) is 14.4 Å². The fourth-order valence-corrected chi connectivity index (χ4v) is 3.71. The summed E-state index contributed by atoms with van der Waals surface area (Å²) in [5, 5.41) is 34.3. The molecule has 2 aromatic rings. The smallest absolute Gasteiger partial charge is 0.326 e. The van der Waals surface area contributed by atoms with Crippen LogP contribution in [0.1, 0.15) is 43.5 Å². The highest BCUT2D eigenvalue weighted by Crippen LogP contribution is 2.07. The van der Waals surface area contributed by atoms with Crippen LogP contribution in [0.25, 0.3) is 0 Å². The molecule has 0 aliphatic heterocycles. The number of carbonyl (C=O) groups is 5. The fourth-order valence-electron chi connectivity index (χ4n) is 3.71. The van der Waals surface area contributed by atoms with Crippen LogP contribution in [-0.4, -0.2) is 85.2 Å². The number of pyridine rings is 2. The molecule has 0 aliphatic rings. The van der Waals surface area contributed by atoms with E-state index in [1.54, 1.807) is 12.4 Å². The molecule has 0 spiro atoms. The third kappa shape index (κ3) is 12.8. The van der Waals surface area contributed by atoms with E-state index in [2.05, 4.69) is 25.9 Å². The van der Waals surface area contributed by atoms with Gasteiger partial charge in [0.25, 0.3) is 0 Å². The second-order valence-corrected chi connectivity index (χ2v) is 8.96. The highest BCUT2D eigenvalue weighted by molar-refractivity contribution is 5.86. The average Bonchev–Trinajstić information content (AvgIpc) is 2.90. The number of urea groups is 1. The van der Waals surface area contributed by atoms with Gasteiger partial charge in [0.1, 0.15) is 12.1 Å². The Morgan fingerprint density at radius 1 is 0.775 bits per heavy atom. The summed E-state index contributed by atoms with van der Waals surface area (Å²) in [4.78, 5) is 68.7. The van der Waals surface area contributed by atoms with Gasteiger partial charge >= 0.3 is 23.9 Å². The van der Waals surface area contributed by atoms with E-state index in [9.17, 15) is 29.1 Å². The summed E-state index contributed by atoms with van der Waals surface area (Å²) in [6.45, 7) is 1.27. The zero-order valence-corrected chi connectivity index (χ0v) is 21.9. The summed E-state index contributed by atoms with van der Waals surface area (Å²) in [5.74, 6) is -4.19. The highest BCUT2D eigenvalue weighted by atomic mass is 16.4. The van der Waals surface area contributed by atoms with Crippen molar-refractivity contribution in [3.8, 4) is 0 Å². The minimum atomic E-state index is -1.48. The Morgan fingerprint density at radius 3 is 1.80 bits per heavy atom. The van der Waals surface area contributed by atoms with E-state index in [-0.39, 0.29) is 31.8 Å². The SMILES string of the molecule is O=C(O)CC[C@H](NC(=O)N[C@@H](CCCCNC(=O)CN(Cc1ccccn1)Cc1ccccn1)C(=O)O)C(=O)O. The Bertz CT molecular complexity index is 1080. The Morgan fingerprint density at radius 2 is 1.32 bits per heavy atom. The van der Waals surface area contributed by atoms with Crippen molar-refractivity contribution < 1.29 is 39.3 Å². The maximum atomic E-state index is 12.6. The minimum absolute atomic E-state index is 0.0387. The van der Waals surface area contributed by atoms with Crippen LogP contribution in [0.5, 0.6) is 0 Å². The van der Waals surface area contributed by atoms with Crippen LogP contribution < -0.4 is 16.0 Å². The molecule has 2 aromatic heterocycles. The first-order valence-electron chi connectivity index (χ1n) is 12.7. The van der Waals surface area contributed by atoms with Crippen molar-refractivity contribution in [2.75, 3.05) is 13.1 Å². The first-order valence-corrected chi connectivity index (χ1v) is 12.7. The van der Waals surface area contributed by atoms with Gasteiger partial charge in [0.2, 0.25) is 5.91 Å². The van der Waals surface area contributed by atoms with Crippen molar-refractivity contribution in [2.24, 2.45) is 0 Å². The molecule has 3 amide bonds. The molecule has 0 fully saturated rings. The molecule has 2 heterocycles. The lowest BCUT2D eigenvalue weighted by molar-refractivity contribution is -0.140. The lowest BCUT2D eigenvalue weighted by Crippen LogP contribution is -2.51. The fraction of sp³-hybridized carbons (Fsp3) is 0.423. The van der Waals surface area contributed by atoms with E-state index in [1.807, 2.05) is 41.3 Å². The van der Waals surface area contributed by atoms with Crippen molar-refractivity contribution in [1.82, 2.24) is 30.8 Å². The van der Waals surface area contributed by atoms with Crippen molar-refractivity contribution >= 4 is 29.8 Å². The number of aliphatic carboxylic acids is 3. The summed E-state index contributed by atoms with van der Waals surface area (Å²) in [6, 6.07) is 7.30. The molecule has 40 heavy (non-hydrogen) atoms. The number of hydrogen-bond donors (Lipinski definition) is 6. The molecule has 0 saturated carbocycles. The summed E-state index contributed by atoms with van der Waals surface area (Å²) < 4.78 is 0. The topological polar surface area (TPSA) is 211 Å². The second-order valence-electron chi connectivity index (χ2n) is 8.96. The second kappa shape index (κ2) is 17.1. The maximum absolute atomic E-state index is 12.6. The van der Waals surface area contributed by atoms with E-state index >= 15 is 0 Å². The first-order chi connectivity index (χ1) is 19.1. The van der Waals surface area contributed by atoms with Gasteiger partial charge in [0.05, 0.1) is 17.9 Å². The van der Waals surface area contributed by atoms with Gasteiger partial charge in [-0.2, -0.15) is 0 Å². The number of carbonyl (C=O) groups excluding carboxylic acids is 2. The molecule has 0 unspecified atom stereocenters. The van der Waals surface area contributed by atoms with Gasteiger partial charge in [-0.15, -0.1) is 0 Å². The van der Waals surface area contributed by atoms with Gasteiger partial charge < -0.3 is 31.3 Å². The predicted octanol–water partition coefficient (Wildman–Crippen LogP) is 0.836. The Hall–Kier alpha value is -4.59. The van der Waals surface area contributed by atoms with E-state index in [0.717, 1.165) is 11.4 Å². The highest BCUT2D eigenvalue weighted by Gasteiger charge is 2.24. The van der Waals surface area contributed by atoms with Crippen LogP contribution in [0.15, 0.2) is 48.8 Å². The molecule has 0 bridgehead atoms. The lowest BCUT2D eigenvalue weighted by atomic mass is 10.1. The van der Waals surface area contributed by atoms with Gasteiger partial charge in [-0.1, -0.05) is 12.1 Å². The van der Waals surface area contributed by atoms with Crippen molar-refractivity contribution in [3.63, 3.8) is 0 Å². The van der Waals surface area contributed by atoms with Crippen LogP contribution >= 0.6 is 0 Å². The third-order valence-corrected chi connectivity index (χ3v) is 5.69. The molecule has 0 saturated heterocycles. The van der Waals surface area contributed by atoms with Gasteiger partial charge in [0, 0.05) is 38.4 Å². The number of unbranched alkanes of at least 4 members (excludes halogenated alkanes) is 1. The van der Waals surface area contributed by atoms with Crippen LogP contribution in [0.3, 0.4) is 0 Å². The number of carboxylic acid groups (broad SMARTS) is 3. The molecule has 6 N–H and O–H groups in total. The number of rotatable bonds is 18. The lowest BCUT2D eigenvalue weighted by Gasteiger charge is -2.21. The molecule has 2 atom stereocenters. The number of aromatic nitrogens is 2. The minimum Gasteiger partial charge on any atom is -0.481 e. The normalized spacial score (nSPS) is 12.2. The Labute approximate surface area is 230 Å². The van der Waals surface area contributed by atoms with Crippen LogP contribution in [0.4, 0.5) is 4.79 Å². The maximum Gasteiger partial charge on any atom is 0.326 e. The van der Waals surface area contributed by atoms with Gasteiger partial charge in [-0.3, -0.25) is 24.5 Å². The number of carboxylic acids is 3. The molecule has 0 radical (unpaired) electrons. The Balaban J connectivity index is 1.78. The van der Waals surface area contributed by atoms with Gasteiger partial charge in [0.15, 0.2) is 0 Å². The predicted molar refractivity (Wildman–Crippen MR) is 141 cm³/mol. The molecule has 0 aromatic carbocycles. The number of nitrogens with zero attached hydrogens (tertiary/aromatic N) is 3. The van der Waals surface area contributed by atoms with Crippen molar-refractivity contribution in [2.45, 2.75) is 57.3 Å². The zero-order valence-electron chi connectivity index (χ0n) is 21.9. The molecule has 14 nitrogen and oxygen atoms in total. The van der Waals surface area contributed by atoms with E-state index in [1.165, 1.54) is 0 Å². The molecular formula is C26H34N6O8. The van der Waals surface area contributed by atoms with E-state index in [0.29, 0.717) is 25.9 Å². The van der Waals surface area contributed by atoms with Crippen LogP contribution in [-0.2, 0) is 32.3 Å². The quantitative estimate of drug-likeness (QED) is 0.141. The van der Waals surface area contributed by atoms with E-state index in [4.69, 9.17) is 10.2 Å². The zero-order chi connectivity index (χ0) is 29.3. The summed E-state index contributed by atoms with van der Waals surface area (Å²) in [6.07, 6.45) is 3.37. The largest absolute Gasteiger partial charge is 0.481 e. The number of amides is 3. The van der Waals surface area contributed by atoms with Crippen molar-refractivity contribution in [1.29, 1.82) is 0 Å². The first kappa shape index (κ1) is 31.6. The van der Waals surface area contributed by atoms with Crippen LogP contribution in [0, 0.1) is 0 Å². The molecular weight excluding hydrogens is 524 g/mol. The molecule has 0 aliphatic carbocycles. The molecule has 216 valence electrons. The Kier molecular flexibility index (Phi) is 13.5.